The normalized spacial score (nSPS) is 24.6. The van der Waals surface area contributed by atoms with Crippen LogP contribution in [0.15, 0.2) is 12.2 Å². The van der Waals surface area contributed by atoms with E-state index >= 15 is 0 Å². The van der Waals surface area contributed by atoms with Gasteiger partial charge in [0, 0.05) is 25.7 Å². The van der Waals surface area contributed by atoms with Crippen molar-refractivity contribution in [2.75, 3.05) is 26.4 Å². The third-order valence-electron chi connectivity index (χ3n) is 24.3. The lowest BCUT2D eigenvalue weighted by Crippen LogP contribution is -2.70. The highest BCUT2D eigenvalue weighted by molar-refractivity contribution is 7.47. The van der Waals surface area contributed by atoms with E-state index in [0.717, 1.165) is 141 Å². The van der Waals surface area contributed by atoms with Gasteiger partial charge in [-0.3, -0.25) is 28.2 Å². The van der Waals surface area contributed by atoms with E-state index in [-0.39, 0.29) is 25.7 Å². The highest BCUT2D eigenvalue weighted by atomic mass is 31.2. The first-order valence-electron chi connectivity index (χ1n) is 49.4. The fourth-order valence-corrected chi connectivity index (χ4v) is 17.4. The average molecular weight is 1750 g/mol. The van der Waals surface area contributed by atoms with Crippen molar-refractivity contribution in [1.82, 2.24) is 0 Å². The van der Waals surface area contributed by atoms with Crippen molar-refractivity contribution >= 4 is 31.7 Å². The van der Waals surface area contributed by atoms with Gasteiger partial charge in [-0.1, -0.05) is 374 Å². The minimum atomic E-state index is -5.81. The largest absolute Gasteiger partial charge is 0.472 e. The molecule has 0 aromatic carbocycles. The molecule has 3 rings (SSSR count). The molecule has 26 heteroatoms. The molecule has 1 saturated carbocycles. The summed E-state index contributed by atoms with van der Waals surface area (Å²) in [6.07, 6.45) is 34.5. The molecule has 0 bridgehead atoms. The molecule has 25 nitrogen and oxygen atoms in total. The molecule has 712 valence electrons. The molecule has 3 aliphatic rings. The number of ether oxygens (including phenoxy) is 8. The summed E-state index contributed by atoms with van der Waals surface area (Å²) in [7, 11) is -5.81. The lowest BCUT2D eigenvalue weighted by Gasteiger charge is -2.50. The second kappa shape index (κ2) is 74.0. The molecular weight excluding hydrogens is 1570 g/mol. The Kier molecular flexibility index (Phi) is 68.8. The summed E-state index contributed by atoms with van der Waals surface area (Å²) < 4.78 is 73.6. The lowest BCUT2D eigenvalue weighted by molar-refractivity contribution is -0.360. The monoisotopic (exact) mass is 1750 g/mol. The van der Waals surface area contributed by atoms with Crippen molar-refractivity contribution < 1.29 is 122 Å². The summed E-state index contributed by atoms with van der Waals surface area (Å²) in [5, 5.41) is 103. The first kappa shape index (κ1) is 112. The second-order valence-electron chi connectivity index (χ2n) is 35.3. The second-order valence-corrected chi connectivity index (χ2v) is 36.7. The highest BCUT2D eigenvalue weighted by Gasteiger charge is 2.60. The zero-order chi connectivity index (χ0) is 88.2. The maximum absolute atomic E-state index is 14.9. The molecule has 18 atom stereocenters. The number of aliphatic hydroxyl groups excluding tert-OH is 9. The van der Waals surface area contributed by atoms with Crippen LogP contribution in [0.2, 0.25) is 0 Å². The molecule has 0 aromatic rings. The van der Waals surface area contributed by atoms with Crippen LogP contribution in [0.25, 0.3) is 0 Å². The van der Waals surface area contributed by atoms with Crippen LogP contribution < -0.4 is 0 Å². The Morgan fingerprint density at radius 2 is 0.620 bits per heavy atom. The molecule has 3 fully saturated rings. The van der Waals surface area contributed by atoms with E-state index in [1.807, 2.05) is 0 Å². The SMILES string of the molecule is CCCCCC/C=C\CCCCCCCCCC(=O)OC(COC(=O)CCCCCCCCCCCCCCCCCC)COP(=O)(O)OC1C(OC2OC(CO)C(O)C(O)C2O)C(O)C(O)C(OC(=O)CCCCCCCCCCCCCCCCCC)C1OC1OC(COC(=O)CCCCCCCCCCCCCCCCC)C(O)C(O)C1O. The van der Waals surface area contributed by atoms with Crippen molar-refractivity contribution in [1.29, 1.82) is 0 Å². The summed E-state index contributed by atoms with van der Waals surface area (Å²) >= 11 is 0. The molecule has 2 heterocycles. The Labute approximate surface area is 731 Å². The maximum Gasteiger partial charge on any atom is 0.472 e. The molecule has 0 aromatic heterocycles. The fourth-order valence-electron chi connectivity index (χ4n) is 16.4. The van der Waals surface area contributed by atoms with Gasteiger partial charge in [-0.25, -0.2) is 4.57 Å². The number of esters is 4. The zero-order valence-corrected chi connectivity index (χ0v) is 77.0. The van der Waals surface area contributed by atoms with Crippen LogP contribution in [-0.4, -0.2) is 205 Å². The summed E-state index contributed by atoms with van der Waals surface area (Å²) in [5.41, 5.74) is 0. The van der Waals surface area contributed by atoms with Crippen LogP contribution in [0, 0.1) is 0 Å². The first-order valence-corrected chi connectivity index (χ1v) is 50.9. The number of allylic oxidation sites excluding steroid dienone is 2. The molecule has 1 aliphatic carbocycles. The molecule has 10 N–H and O–H groups in total. The number of carbonyl (C=O) groups is 4. The van der Waals surface area contributed by atoms with E-state index < -0.39 is 162 Å². The first-order chi connectivity index (χ1) is 58.7. The van der Waals surface area contributed by atoms with E-state index in [1.165, 1.54) is 205 Å². The van der Waals surface area contributed by atoms with E-state index in [9.17, 15) is 74.6 Å². The molecule has 2 aliphatic heterocycles. The highest BCUT2D eigenvalue weighted by Crippen LogP contribution is 2.49. The number of hydrogen-bond acceptors (Lipinski definition) is 24. The van der Waals surface area contributed by atoms with Crippen LogP contribution in [-0.2, 0) is 70.7 Å². The van der Waals surface area contributed by atoms with Gasteiger partial charge in [-0.2, -0.15) is 0 Å². The Balaban J connectivity index is 1.90. The van der Waals surface area contributed by atoms with Gasteiger partial charge in [0.2, 0.25) is 0 Å². The van der Waals surface area contributed by atoms with Crippen LogP contribution in [0.1, 0.15) is 439 Å². The van der Waals surface area contributed by atoms with Gasteiger partial charge < -0.3 is 88.7 Å². The average Bonchev–Trinajstić information content (AvgIpc) is 0.755. The van der Waals surface area contributed by atoms with Gasteiger partial charge in [0.25, 0.3) is 0 Å². The predicted molar refractivity (Wildman–Crippen MR) is 472 cm³/mol. The minimum absolute atomic E-state index is 0.0191. The Bertz CT molecular complexity index is 2550. The molecule has 2 saturated heterocycles. The maximum atomic E-state index is 14.9. The standard InChI is InChI=1S/C95H177O25P/c1-5-9-13-17-21-25-29-33-37-41-44-47-51-55-59-63-67-78(97)111-72-75(114-80(99)69-65-61-57-53-49-45-40-36-32-28-24-20-16-12-8-4)73-113-121(109,110)120-93-91(118-94-88(107)84(103)82(101)76(71-96)115-94)87(106)86(105)90(117-81(100)70-66-62-58-54-50-46-42-38-34-30-26-22-18-14-10-6-2)92(93)119-95-89(108)85(104)83(102)77(116-95)74-112-79(98)68-64-60-56-52-48-43-39-35-31-27-23-19-15-11-7-3/h28,32,75-77,82-96,101-108H,5-27,29-31,33-74H2,1-4H3,(H,109,110)/b32-28-. The smallest absolute Gasteiger partial charge is 0.463 e. The number of phosphoric ester groups is 1. The van der Waals surface area contributed by atoms with Gasteiger partial charge in [-0.15, -0.1) is 0 Å². The van der Waals surface area contributed by atoms with Crippen LogP contribution in [0.4, 0.5) is 0 Å². The van der Waals surface area contributed by atoms with E-state index in [2.05, 4.69) is 39.8 Å². The molecule has 0 radical (unpaired) electrons. The molecule has 121 heavy (non-hydrogen) atoms. The Morgan fingerprint density at radius 1 is 0.322 bits per heavy atom. The number of phosphoric acid groups is 1. The zero-order valence-electron chi connectivity index (χ0n) is 76.1. The quantitative estimate of drug-likeness (QED) is 0.00889. The van der Waals surface area contributed by atoms with Crippen molar-refractivity contribution in [3.05, 3.63) is 12.2 Å². The molecule has 18 unspecified atom stereocenters. The van der Waals surface area contributed by atoms with E-state index in [1.54, 1.807) is 0 Å². The third kappa shape index (κ3) is 53.7. The van der Waals surface area contributed by atoms with Crippen LogP contribution in [0.5, 0.6) is 0 Å². The number of aliphatic hydroxyl groups is 9. The van der Waals surface area contributed by atoms with Crippen LogP contribution in [0.3, 0.4) is 0 Å². The van der Waals surface area contributed by atoms with E-state index in [4.69, 9.17) is 46.9 Å². The number of rotatable bonds is 81. The van der Waals surface area contributed by atoms with Crippen molar-refractivity contribution in [2.45, 2.75) is 543 Å². The van der Waals surface area contributed by atoms with Gasteiger partial charge in [0.05, 0.1) is 13.2 Å². The lowest BCUT2D eigenvalue weighted by atomic mass is 9.84. The van der Waals surface area contributed by atoms with Crippen molar-refractivity contribution in [3.63, 3.8) is 0 Å². The number of carbonyl (C=O) groups excluding carboxylic acids is 4. The predicted octanol–water partition coefficient (Wildman–Crippen LogP) is 19.1. The Morgan fingerprint density at radius 3 is 0.992 bits per heavy atom. The summed E-state index contributed by atoms with van der Waals surface area (Å²) in [6.45, 7) is 5.64. The number of unbranched alkanes of at least 4 members (excludes halogenated alkanes) is 55. The summed E-state index contributed by atoms with van der Waals surface area (Å²) in [4.78, 5) is 66.6. The van der Waals surface area contributed by atoms with Gasteiger partial charge in [0.1, 0.15) is 92.6 Å². The van der Waals surface area contributed by atoms with Gasteiger partial charge >= 0.3 is 31.7 Å². The summed E-state index contributed by atoms with van der Waals surface area (Å²) in [6, 6.07) is 0. The Hall–Kier alpha value is -2.79. The van der Waals surface area contributed by atoms with Gasteiger partial charge in [-0.05, 0) is 51.4 Å². The molecular formula is C95H177O25P. The topological polar surface area (TPSA) is 380 Å². The van der Waals surface area contributed by atoms with Crippen molar-refractivity contribution in [3.8, 4) is 0 Å². The fraction of sp³-hybridized carbons (Fsp3) is 0.937. The molecule has 0 amide bonds. The van der Waals surface area contributed by atoms with E-state index in [0.29, 0.717) is 38.5 Å². The minimum Gasteiger partial charge on any atom is -0.463 e. The van der Waals surface area contributed by atoms with Crippen molar-refractivity contribution in [2.24, 2.45) is 0 Å². The molecule has 0 spiro atoms. The van der Waals surface area contributed by atoms with Crippen LogP contribution >= 0.6 is 7.82 Å². The van der Waals surface area contributed by atoms with Gasteiger partial charge in [0.15, 0.2) is 24.8 Å². The summed E-state index contributed by atoms with van der Waals surface area (Å²) in [5.74, 6) is -2.95. The third-order valence-corrected chi connectivity index (χ3v) is 25.3. The number of hydrogen-bond donors (Lipinski definition) is 10.